The molecule has 0 aliphatic carbocycles. The molecule has 94 valence electrons. The average molecular weight is 236 g/mol. The lowest BCUT2D eigenvalue weighted by Crippen LogP contribution is -2.64. The van der Waals surface area contributed by atoms with Crippen LogP contribution >= 0.6 is 0 Å². The molecule has 2 amide bonds. The van der Waals surface area contributed by atoms with Crippen molar-refractivity contribution in [2.45, 2.75) is 58.2 Å². The highest BCUT2D eigenvalue weighted by atomic mass is 16.2. The highest BCUT2D eigenvalue weighted by Gasteiger charge is 2.39. The van der Waals surface area contributed by atoms with Crippen LogP contribution in [0.3, 0.4) is 0 Å². The zero-order chi connectivity index (χ0) is 13.0. The molecule has 1 rings (SSSR count). The summed E-state index contributed by atoms with van der Waals surface area (Å²) in [7, 11) is 0. The predicted molar refractivity (Wildman–Crippen MR) is 66.1 cm³/mol. The molecule has 1 N–H and O–H groups in total. The topological polar surface area (TPSA) is 49.4 Å². The number of amides is 2. The molecule has 0 aromatic rings. The molecule has 17 heavy (non-hydrogen) atoms. The molecule has 0 aromatic heterocycles. The largest absolute Gasteiger partial charge is 0.343 e. The number of piperazine rings is 1. The minimum atomic E-state index is -0.432. The first-order chi connectivity index (χ1) is 8.02. The SMILES string of the molecule is C#CCC(C)N1C(=O)C(CCC)NC(=O)C1C. The summed E-state index contributed by atoms with van der Waals surface area (Å²) in [5.74, 6) is 2.44. The van der Waals surface area contributed by atoms with E-state index in [2.05, 4.69) is 11.2 Å². The van der Waals surface area contributed by atoms with Crippen LogP contribution in [0.15, 0.2) is 0 Å². The molecule has 0 aromatic carbocycles. The summed E-state index contributed by atoms with van der Waals surface area (Å²) in [6.45, 7) is 5.62. The second-order valence-electron chi connectivity index (χ2n) is 4.53. The molecule has 3 atom stereocenters. The smallest absolute Gasteiger partial charge is 0.246 e. The van der Waals surface area contributed by atoms with Crippen LogP contribution in [0, 0.1) is 12.3 Å². The van der Waals surface area contributed by atoms with Gasteiger partial charge < -0.3 is 10.2 Å². The van der Waals surface area contributed by atoms with Crippen molar-refractivity contribution in [1.29, 1.82) is 0 Å². The van der Waals surface area contributed by atoms with Gasteiger partial charge in [-0.1, -0.05) is 13.3 Å². The van der Waals surface area contributed by atoms with E-state index in [-0.39, 0.29) is 23.9 Å². The Morgan fingerprint density at radius 1 is 1.53 bits per heavy atom. The van der Waals surface area contributed by atoms with E-state index in [0.717, 1.165) is 6.42 Å². The molecular weight excluding hydrogens is 216 g/mol. The predicted octanol–water partition coefficient (Wildman–Crippen LogP) is 0.914. The van der Waals surface area contributed by atoms with Gasteiger partial charge in [0.15, 0.2) is 0 Å². The van der Waals surface area contributed by atoms with Crippen molar-refractivity contribution in [3.05, 3.63) is 0 Å². The fraction of sp³-hybridized carbons (Fsp3) is 0.692. The van der Waals surface area contributed by atoms with Gasteiger partial charge in [0.1, 0.15) is 12.1 Å². The fourth-order valence-electron chi connectivity index (χ4n) is 2.20. The van der Waals surface area contributed by atoms with Crippen LogP contribution in [0.25, 0.3) is 0 Å². The summed E-state index contributed by atoms with van der Waals surface area (Å²) in [5.41, 5.74) is 0. The standard InChI is InChI=1S/C13H20N2O2/c1-5-7-9(3)15-10(4)12(16)14-11(8-6-2)13(15)17/h1,9-11H,6-8H2,2-4H3,(H,14,16). The van der Waals surface area contributed by atoms with Gasteiger partial charge in [-0.05, 0) is 20.3 Å². The highest BCUT2D eigenvalue weighted by molar-refractivity contribution is 5.96. The molecule has 1 aliphatic heterocycles. The van der Waals surface area contributed by atoms with Gasteiger partial charge >= 0.3 is 0 Å². The van der Waals surface area contributed by atoms with Gasteiger partial charge in [0.2, 0.25) is 11.8 Å². The Hall–Kier alpha value is -1.50. The van der Waals surface area contributed by atoms with Gasteiger partial charge in [-0.3, -0.25) is 9.59 Å². The number of carbonyl (C=O) groups is 2. The van der Waals surface area contributed by atoms with Crippen molar-refractivity contribution in [3.63, 3.8) is 0 Å². The maximum absolute atomic E-state index is 12.2. The molecule has 4 nitrogen and oxygen atoms in total. The minimum absolute atomic E-state index is 0.0123. The molecule has 0 spiro atoms. The van der Waals surface area contributed by atoms with E-state index in [1.54, 1.807) is 11.8 Å². The van der Waals surface area contributed by atoms with E-state index in [1.807, 2.05) is 13.8 Å². The normalized spacial score (nSPS) is 26.4. The number of carbonyl (C=O) groups excluding carboxylic acids is 2. The summed E-state index contributed by atoms with van der Waals surface area (Å²) >= 11 is 0. The van der Waals surface area contributed by atoms with Gasteiger partial charge in [-0.2, -0.15) is 0 Å². The maximum Gasteiger partial charge on any atom is 0.246 e. The summed E-state index contributed by atoms with van der Waals surface area (Å²) < 4.78 is 0. The Bertz CT molecular complexity index is 346. The van der Waals surface area contributed by atoms with Crippen molar-refractivity contribution in [2.75, 3.05) is 0 Å². The van der Waals surface area contributed by atoms with Crippen LogP contribution < -0.4 is 5.32 Å². The van der Waals surface area contributed by atoms with Gasteiger partial charge in [0.05, 0.1) is 0 Å². The number of hydrogen-bond donors (Lipinski definition) is 1. The van der Waals surface area contributed by atoms with Crippen LogP contribution in [-0.4, -0.2) is 34.8 Å². The Morgan fingerprint density at radius 2 is 2.18 bits per heavy atom. The van der Waals surface area contributed by atoms with Crippen LogP contribution in [0.1, 0.15) is 40.0 Å². The molecular formula is C13H20N2O2. The number of nitrogens with zero attached hydrogens (tertiary/aromatic N) is 1. The first-order valence-corrected chi connectivity index (χ1v) is 6.08. The quantitative estimate of drug-likeness (QED) is 0.738. The van der Waals surface area contributed by atoms with Crippen LogP contribution in [0.2, 0.25) is 0 Å². The van der Waals surface area contributed by atoms with E-state index in [1.165, 1.54) is 0 Å². The first-order valence-electron chi connectivity index (χ1n) is 6.08. The molecule has 3 unspecified atom stereocenters. The van der Waals surface area contributed by atoms with E-state index in [9.17, 15) is 9.59 Å². The zero-order valence-corrected chi connectivity index (χ0v) is 10.7. The lowest BCUT2D eigenvalue weighted by Gasteiger charge is -2.40. The Labute approximate surface area is 103 Å². The van der Waals surface area contributed by atoms with Crippen molar-refractivity contribution in [2.24, 2.45) is 0 Å². The fourth-order valence-corrected chi connectivity index (χ4v) is 2.20. The monoisotopic (exact) mass is 236 g/mol. The third-order valence-electron chi connectivity index (χ3n) is 3.13. The van der Waals surface area contributed by atoms with Crippen molar-refractivity contribution in [3.8, 4) is 12.3 Å². The number of hydrogen-bond acceptors (Lipinski definition) is 2. The van der Waals surface area contributed by atoms with Crippen molar-refractivity contribution >= 4 is 11.8 Å². The average Bonchev–Trinajstić information content (AvgIpc) is 2.27. The van der Waals surface area contributed by atoms with Crippen molar-refractivity contribution in [1.82, 2.24) is 10.2 Å². The van der Waals surface area contributed by atoms with Gasteiger partial charge in [-0.15, -0.1) is 12.3 Å². The van der Waals surface area contributed by atoms with E-state index < -0.39 is 6.04 Å². The summed E-state index contributed by atoms with van der Waals surface area (Å²) in [6.07, 6.45) is 7.28. The van der Waals surface area contributed by atoms with Gasteiger partial charge in [0.25, 0.3) is 0 Å². The second-order valence-corrected chi connectivity index (χ2v) is 4.53. The lowest BCUT2D eigenvalue weighted by atomic mass is 10.0. The summed E-state index contributed by atoms with van der Waals surface area (Å²) in [6, 6.07) is -0.907. The van der Waals surface area contributed by atoms with Crippen LogP contribution in [0.5, 0.6) is 0 Å². The zero-order valence-electron chi connectivity index (χ0n) is 10.7. The first kappa shape index (κ1) is 13.6. The molecule has 0 bridgehead atoms. The molecule has 0 radical (unpaired) electrons. The Kier molecular flexibility index (Phi) is 4.56. The molecule has 1 heterocycles. The molecule has 1 fully saturated rings. The summed E-state index contributed by atoms with van der Waals surface area (Å²) in [4.78, 5) is 25.6. The van der Waals surface area contributed by atoms with Crippen LogP contribution in [-0.2, 0) is 9.59 Å². The van der Waals surface area contributed by atoms with E-state index in [4.69, 9.17) is 6.42 Å². The number of rotatable bonds is 4. The number of nitrogens with one attached hydrogen (secondary N) is 1. The second kappa shape index (κ2) is 5.72. The molecule has 0 saturated carbocycles. The highest BCUT2D eigenvalue weighted by Crippen LogP contribution is 2.17. The molecule has 1 saturated heterocycles. The van der Waals surface area contributed by atoms with Crippen molar-refractivity contribution < 1.29 is 9.59 Å². The van der Waals surface area contributed by atoms with Gasteiger partial charge in [0, 0.05) is 12.5 Å². The Morgan fingerprint density at radius 3 is 2.71 bits per heavy atom. The summed E-state index contributed by atoms with van der Waals surface area (Å²) in [5, 5.41) is 2.76. The molecule has 4 heteroatoms. The number of terminal acetylenes is 1. The Balaban J connectivity index is 2.87. The van der Waals surface area contributed by atoms with E-state index >= 15 is 0 Å². The minimum Gasteiger partial charge on any atom is -0.343 e. The third-order valence-corrected chi connectivity index (χ3v) is 3.13. The lowest BCUT2D eigenvalue weighted by molar-refractivity contribution is -0.151. The third kappa shape index (κ3) is 2.79. The molecule has 1 aliphatic rings. The van der Waals surface area contributed by atoms with Crippen LogP contribution in [0.4, 0.5) is 0 Å². The maximum atomic E-state index is 12.2. The van der Waals surface area contributed by atoms with Gasteiger partial charge in [-0.25, -0.2) is 0 Å². The van der Waals surface area contributed by atoms with E-state index in [0.29, 0.717) is 12.8 Å².